The SMILES string of the molecule is COC1(c2ccnc(F)c2)CC2(CC2)C1. The summed E-state index contributed by atoms with van der Waals surface area (Å²) < 4.78 is 18.6. The fourth-order valence-electron chi connectivity index (χ4n) is 2.84. The monoisotopic (exact) mass is 207 g/mol. The smallest absolute Gasteiger partial charge is 0.213 e. The lowest BCUT2D eigenvalue weighted by molar-refractivity contribution is -0.122. The van der Waals surface area contributed by atoms with Crippen molar-refractivity contribution in [2.45, 2.75) is 31.3 Å². The topological polar surface area (TPSA) is 22.1 Å². The number of hydrogen-bond donors (Lipinski definition) is 0. The number of ether oxygens (including phenoxy) is 1. The van der Waals surface area contributed by atoms with Crippen LogP contribution in [0.5, 0.6) is 0 Å². The van der Waals surface area contributed by atoms with Crippen LogP contribution in [0.25, 0.3) is 0 Å². The molecule has 3 heteroatoms. The first-order valence-electron chi connectivity index (χ1n) is 5.35. The van der Waals surface area contributed by atoms with Crippen LogP contribution in [0.3, 0.4) is 0 Å². The molecular weight excluding hydrogens is 193 g/mol. The molecule has 0 unspecified atom stereocenters. The number of rotatable bonds is 2. The highest BCUT2D eigenvalue weighted by Crippen LogP contribution is 2.69. The normalized spacial score (nSPS) is 24.9. The van der Waals surface area contributed by atoms with E-state index in [0.717, 1.165) is 18.4 Å². The van der Waals surface area contributed by atoms with E-state index in [1.807, 2.05) is 6.07 Å². The van der Waals surface area contributed by atoms with E-state index in [1.54, 1.807) is 7.11 Å². The lowest BCUT2D eigenvalue weighted by atomic mass is 9.65. The molecule has 1 aromatic heterocycles. The Morgan fingerprint density at radius 2 is 2.13 bits per heavy atom. The predicted molar refractivity (Wildman–Crippen MR) is 53.8 cm³/mol. The van der Waals surface area contributed by atoms with Crippen molar-refractivity contribution in [3.63, 3.8) is 0 Å². The Morgan fingerprint density at radius 3 is 2.67 bits per heavy atom. The molecule has 0 aromatic carbocycles. The molecule has 1 aromatic rings. The van der Waals surface area contributed by atoms with Gasteiger partial charge in [0.15, 0.2) is 0 Å². The minimum absolute atomic E-state index is 0.236. The van der Waals surface area contributed by atoms with E-state index < -0.39 is 5.95 Å². The van der Waals surface area contributed by atoms with Gasteiger partial charge in [0.25, 0.3) is 0 Å². The molecule has 80 valence electrons. The highest BCUT2D eigenvalue weighted by Gasteiger charge is 2.62. The first-order valence-corrected chi connectivity index (χ1v) is 5.35. The molecule has 2 aliphatic rings. The van der Waals surface area contributed by atoms with Gasteiger partial charge in [0.05, 0.1) is 5.60 Å². The van der Waals surface area contributed by atoms with Crippen molar-refractivity contribution in [3.8, 4) is 0 Å². The molecule has 2 saturated carbocycles. The predicted octanol–water partition coefficient (Wildman–Crippen LogP) is 2.64. The summed E-state index contributed by atoms with van der Waals surface area (Å²) in [5.41, 5.74) is 1.24. The summed E-state index contributed by atoms with van der Waals surface area (Å²) in [5, 5.41) is 0. The van der Waals surface area contributed by atoms with Gasteiger partial charge in [-0.25, -0.2) is 4.98 Å². The van der Waals surface area contributed by atoms with Crippen LogP contribution in [0.1, 0.15) is 31.2 Å². The minimum Gasteiger partial charge on any atom is -0.373 e. The lowest BCUT2D eigenvalue weighted by Gasteiger charge is -2.47. The van der Waals surface area contributed by atoms with Gasteiger partial charge >= 0.3 is 0 Å². The number of aromatic nitrogens is 1. The molecule has 0 saturated heterocycles. The molecule has 1 spiro atoms. The van der Waals surface area contributed by atoms with Crippen molar-refractivity contribution < 1.29 is 9.13 Å². The van der Waals surface area contributed by atoms with Gasteiger partial charge in [0, 0.05) is 13.3 Å². The third kappa shape index (κ3) is 1.29. The molecule has 2 nitrogen and oxygen atoms in total. The van der Waals surface area contributed by atoms with Gasteiger partial charge in [-0.2, -0.15) is 4.39 Å². The molecule has 0 bridgehead atoms. The molecule has 1 heterocycles. The first kappa shape index (κ1) is 9.28. The summed E-state index contributed by atoms with van der Waals surface area (Å²) >= 11 is 0. The van der Waals surface area contributed by atoms with Gasteiger partial charge in [0.1, 0.15) is 0 Å². The van der Waals surface area contributed by atoms with E-state index in [0.29, 0.717) is 5.41 Å². The van der Waals surface area contributed by atoms with Crippen molar-refractivity contribution in [2.24, 2.45) is 5.41 Å². The number of nitrogens with zero attached hydrogens (tertiary/aromatic N) is 1. The molecule has 2 fully saturated rings. The summed E-state index contributed by atoms with van der Waals surface area (Å²) in [4.78, 5) is 3.58. The second kappa shape index (κ2) is 2.79. The maximum atomic E-state index is 13.0. The Morgan fingerprint density at radius 1 is 1.40 bits per heavy atom. The second-order valence-electron chi connectivity index (χ2n) is 4.92. The molecule has 0 atom stereocenters. The molecule has 0 N–H and O–H groups in total. The van der Waals surface area contributed by atoms with Crippen LogP contribution in [-0.4, -0.2) is 12.1 Å². The summed E-state index contributed by atoms with van der Waals surface area (Å²) in [6.07, 6.45) is 6.22. The largest absolute Gasteiger partial charge is 0.373 e. The van der Waals surface area contributed by atoms with Gasteiger partial charge < -0.3 is 4.74 Å². The van der Waals surface area contributed by atoms with Crippen LogP contribution >= 0.6 is 0 Å². The molecular formula is C12H14FNO. The van der Waals surface area contributed by atoms with Crippen LogP contribution in [0.2, 0.25) is 0 Å². The average Bonchev–Trinajstić information content (AvgIpc) is 2.94. The standard InChI is InChI=1S/C12H14FNO/c1-15-12(7-11(8-12)3-4-11)9-2-5-14-10(13)6-9/h2,5-6H,3-4,7-8H2,1H3. The van der Waals surface area contributed by atoms with Crippen molar-refractivity contribution in [2.75, 3.05) is 7.11 Å². The van der Waals surface area contributed by atoms with Gasteiger partial charge in [0.2, 0.25) is 5.95 Å². The zero-order valence-electron chi connectivity index (χ0n) is 8.79. The number of hydrogen-bond acceptors (Lipinski definition) is 2. The Bertz CT molecular complexity index is 392. The van der Waals surface area contributed by atoms with E-state index >= 15 is 0 Å². The Labute approximate surface area is 88.5 Å². The van der Waals surface area contributed by atoms with E-state index in [1.165, 1.54) is 25.1 Å². The van der Waals surface area contributed by atoms with Crippen LogP contribution < -0.4 is 0 Å². The second-order valence-corrected chi connectivity index (χ2v) is 4.92. The quantitative estimate of drug-likeness (QED) is 0.695. The molecule has 15 heavy (non-hydrogen) atoms. The highest BCUT2D eigenvalue weighted by molar-refractivity contribution is 5.28. The van der Waals surface area contributed by atoms with Crippen molar-refractivity contribution in [1.82, 2.24) is 4.98 Å². The van der Waals surface area contributed by atoms with Crippen molar-refractivity contribution in [1.29, 1.82) is 0 Å². The van der Waals surface area contributed by atoms with Crippen LogP contribution in [0.4, 0.5) is 4.39 Å². The fourth-order valence-corrected chi connectivity index (χ4v) is 2.84. The number of methoxy groups -OCH3 is 1. The molecule has 3 rings (SSSR count). The maximum Gasteiger partial charge on any atom is 0.213 e. The molecule has 2 aliphatic carbocycles. The molecule has 0 radical (unpaired) electrons. The van der Waals surface area contributed by atoms with Crippen molar-refractivity contribution in [3.05, 3.63) is 29.8 Å². The van der Waals surface area contributed by atoms with E-state index in [2.05, 4.69) is 4.98 Å². The third-order valence-corrected chi connectivity index (χ3v) is 3.92. The summed E-state index contributed by atoms with van der Waals surface area (Å²) in [7, 11) is 1.72. The minimum atomic E-state index is -0.416. The molecule has 0 amide bonds. The summed E-state index contributed by atoms with van der Waals surface area (Å²) in [6, 6.07) is 3.36. The van der Waals surface area contributed by atoms with Gasteiger partial charge in [-0.05, 0) is 48.8 Å². The maximum absolute atomic E-state index is 13.0. The van der Waals surface area contributed by atoms with E-state index in [9.17, 15) is 4.39 Å². The third-order valence-electron chi connectivity index (χ3n) is 3.92. The van der Waals surface area contributed by atoms with E-state index in [-0.39, 0.29) is 5.60 Å². The van der Waals surface area contributed by atoms with Crippen LogP contribution in [0, 0.1) is 11.4 Å². The number of halogens is 1. The Kier molecular flexibility index (Phi) is 1.72. The highest BCUT2D eigenvalue weighted by atomic mass is 19.1. The van der Waals surface area contributed by atoms with Gasteiger partial charge in [-0.1, -0.05) is 0 Å². The zero-order chi connectivity index (χ0) is 10.5. The van der Waals surface area contributed by atoms with Crippen LogP contribution in [-0.2, 0) is 10.3 Å². The zero-order valence-corrected chi connectivity index (χ0v) is 8.79. The van der Waals surface area contributed by atoms with Gasteiger partial charge in [-0.3, -0.25) is 0 Å². The number of pyridine rings is 1. The molecule has 0 aliphatic heterocycles. The fraction of sp³-hybridized carbons (Fsp3) is 0.583. The summed E-state index contributed by atoms with van der Waals surface area (Å²) in [6.45, 7) is 0. The van der Waals surface area contributed by atoms with Crippen LogP contribution in [0.15, 0.2) is 18.3 Å². The summed E-state index contributed by atoms with van der Waals surface area (Å²) in [5.74, 6) is -0.416. The lowest BCUT2D eigenvalue weighted by Crippen LogP contribution is -2.44. The first-order chi connectivity index (χ1) is 7.18. The van der Waals surface area contributed by atoms with Gasteiger partial charge in [-0.15, -0.1) is 0 Å². The van der Waals surface area contributed by atoms with Crippen molar-refractivity contribution >= 4 is 0 Å². The van der Waals surface area contributed by atoms with E-state index in [4.69, 9.17) is 4.74 Å². The average molecular weight is 207 g/mol. The Hall–Kier alpha value is -0.960. The Balaban J connectivity index is 1.91.